The first-order chi connectivity index (χ1) is 18.2. The Labute approximate surface area is 222 Å². The van der Waals surface area contributed by atoms with Gasteiger partial charge in [-0.3, -0.25) is 14.4 Å². The van der Waals surface area contributed by atoms with E-state index in [0.29, 0.717) is 16.1 Å². The molecule has 196 valence electrons. The highest BCUT2D eigenvalue weighted by Crippen LogP contribution is 2.26. The Morgan fingerprint density at radius 1 is 0.947 bits per heavy atom. The predicted octanol–water partition coefficient (Wildman–Crippen LogP) is 4.31. The molecule has 9 nitrogen and oxygen atoms in total. The SMILES string of the molecule is CC(C)OC(=O)c1ccc(N2C[C@@H](C(=O)OCC(=O)c3ccc(OC(=O)c4cccs4)cc3)CC2=O)cc1. The van der Waals surface area contributed by atoms with Gasteiger partial charge >= 0.3 is 17.9 Å². The molecule has 10 heteroatoms. The molecule has 2 aromatic carbocycles. The molecule has 1 atom stereocenters. The van der Waals surface area contributed by atoms with Gasteiger partial charge in [-0.1, -0.05) is 6.07 Å². The van der Waals surface area contributed by atoms with Crippen molar-refractivity contribution < 1.29 is 38.2 Å². The number of hydrogen-bond acceptors (Lipinski definition) is 9. The third-order valence-electron chi connectivity index (χ3n) is 5.67. The van der Waals surface area contributed by atoms with Crippen LogP contribution in [0, 0.1) is 5.92 Å². The summed E-state index contributed by atoms with van der Waals surface area (Å²) in [5, 5.41) is 1.77. The Morgan fingerprint density at radius 2 is 1.63 bits per heavy atom. The van der Waals surface area contributed by atoms with Gasteiger partial charge in [0, 0.05) is 24.2 Å². The molecule has 0 bridgehead atoms. The van der Waals surface area contributed by atoms with Gasteiger partial charge in [-0.15, -0.1) is 11.3 Å². The van der Waals surface area contributed by atoms with Gasteiger partial charge < -0.3 is 19.1 Å². The molecule has 1 fully saturated rings. The zero-order chi connectivity index (χ0) is 27.2. The average molecular weight is 536 g/mol. The van der Waals surface area contributed by atoms with Gasteiger partial charge in [0.15, 0.2) is 12.4 Å². The van der Waals surface area contributed by atoms with Crippen LogP contribution >= 0.6 is 11.3 Å². The smallest absolute Gasteiger partial charge is 0.353 e. The minimum atomic E-state index is -0.722. The molecule has 0 N–H and O–H groups in total. The van der Waals surface area contributed by atoms with E-state index in [-0.39, 0.29) is 36.3 Å². The number of esters is 3. The monoisotopic (exact) mass is 535 g/mol. The average Bonchev–Trinajstić information content (AvgIpc) is 3.58. The standard InChI is InChI=1S/C28H25NO8S/c1-17(2)36-27(33)19-5-9-21(10-6-19)29-15-20(14-25(29)31)26(32)35-16-23(30)18-7-11-22(12-8-18)37-28(34)24-4-3-13-38-24/h3-13,17,20H,14-16H2,1-2H3/t20-/m0/s1. The molecule has 2 heterocycles. The van der Waals surface area contributed by atoms with Crippen LogP contribution in [0.15, 0.2) is 66.0 Å². The van der Waals surface area contributed by atoms with Crippen molar-refractivity contribution in [3.63, 3.8) is 0 Å². The highest BCUT2D eigenvalue weighted by Gasteiger charge is 2.36. The number of carbonyl (C=O) groups is 5. The van der Waals surface area contributed by atoms with E-state index in [0.717, 1.165) is 0 Å². The minimum absolute atomic E-state index is 0.0472. The van der Waals surface area contributed by atoms with Crippen molar-refractivity contribution in [1.82, 2.24) is 0 Å². The number of ketones is 1. The highest BCUT2D eigenvalue weighted by atomic mass is 32.1. The fourth-order valence-electron chi connectivity index (χ4n) is 3.77. The lowest BCUT2D eigenvalue weighted by Gasteiger charge is -2.17. The van der Waals surface area contributed by atoms with Crippen LogP contribution in [0.25, 0.3) is 0 Å². The number of carbonyl (C=O) groups excluding carboxylic acids is 5. The summed E-state index contributed by atoms with van der Waals surface area (Å²) in [6, 6.07) is 15.7. The lowest BCUT2D eigenvalue weighted by Crippen LogP contribution is -2.27. The molecular formula is C28H25NO8S. The van der Waals surface area contributed by atoms with E-state index in [1.54, 1.807) is 55.6 Å². The molecule has 1 amide bonds. The lowest BCUT2D eigenvalue weighted by atomic mass is 10.1. The van der Waals surface area contributed by atoms with Gasteiger partial charge in [0.25, 0.3) is 0 Å². The number of thiophene rings is 1. The summed E-state index contributed by atoms with van der Waals surface area (Å²) in [4.78, 5) is 63.5. The minimum Gasteiger partial charge on any atom is -0.459 e. The Hall–Kier alpha value is -4.31. The summed E-state index contributed by atoms with van der Waals surface area (Å²) in [7, 11) is 0. The Morgan fingerprint density at radius 3 is 2.26 bits per heavy atom. The molecule has 0 aliphatic carbocycles. The van der Waals surface area contributed by atoms with Crippen LogP contribution in [0.2, 0.25) is 0 Å². The van der Waals surface area contributed by atoms with E-state index in [1.165, 1.54) is 40.5 Å². The highest BCUT2D eigenvalue weighted by molar-refractivity contribution is 7.12. The van der Waals surface area contributed by atoms with Crippen LogP contribution in [0.3, 0.4) is 0 Å². The maximum Gasteiger partial charge on any atom is 0.353 e. The van der Waals surface area contributed by atoms with E-state index in [9.17, 15) is 24.0 Å². The summed E-state index contributed by atoms with van der Waals surface area (Å²) >= 11 is 1.26. The van der Waals surface area contributed by atoms with Gasteiger partial charge in [0.1, 0.15) is 10.6 Å². The molecule has 4 rings (SSSR count). The summed E-state index contributed by atoms with van der Waals surface area (Å²) in [6.07, 6.45) is -0.296. The zero-order valence-corrected chi connectivity index (χ0v) is 21.6. The first kappa shape index (κ1) is 26.7. The second-order valence-corrected chi connectivity index (χ2v) is 9.78. The normalized spacial score (nSPS) is 14.9. The van der Waals surface area contributed by atoms with Gasteiger partial charge in [0.2, 0.25) is 5.91 Å². The first-order valence-corrected chi connectivity index (χ1v) is 12.8. The Kier molecular flexibility index (Phi) is 8.32. The Balaban J connectivity index is 1.27. The van der Waals surface area contributed by atoms with E-state index in [1.807, 2.05) is 0 Å². The third-order valence-corrected chi connectivity index (χ3v) is 6.52. The van der Waals surface area contributed by atoms with Crippen molar-refractivity contribution in [3.05, 3.63) is 82.0 Å². The molecule has 0 radical (unpaired) electrons. The lowest BCUT2D eigenvalue weighted by molar-refractivity contribution is -0.147. The molecule has 3 aromatic rings. The summed E-state index contributed by atoms with van der Waals surface area (Å²) in [5.41, 5.74) is 1.19. The number of anilines is 1. The molecule has 38 heavy (non-hydrogen) atoms. The summed E-state index contributed by atoms with van der Waals surface area (Å²) < 4.78 is 15.6. The molecule has 1 aliphatic rings. The van der Waals surface area contributed by atoms with Crippen molar-refractivity contribution in [2.45, 2.75) is 26.4 Å². The number of amides is 1. The molecule has 0 unspecified atom stereocenters. The van der Waals surface area contributed by atoms with Crippen LogP contribution in [0.1, 0.15) is 50.7 Å². The first-order valence-electron chi connectivity index (χ1n) is 11.9. The summed E-state index contributed by atoms with van der Waals surface area (Å²) in [5.74, 6) is -2.72. The fourth-order valence-corrected chi connectivity index (χ4v) is 4.37. The zero-order valence-electron chi connectivity index (χ0n) is 20.7. The second-order valence-electron chi connectivity index (χ2n) is 8.83. The van der Waals surface area contributed by atoms with E-state index < -0.39 is 36.2 Å². The van der Waals surface area contributed by atoms with Crippen molar-refractivity contribution in [1.29, 1.82) is 0 Å². The number of hydrogen-bond donors (Lipinski definition) is 0. The number of rotatable bonds is 9. The van der Waals surface area contributed by atoms with Gasteiger partial charge in [-0.2, -0.15) is 0 Å². The predicted molar refractivity (Wildman–Crippen MR) is 138 cm³/mol. The van der Waals surface area contributed by atoms with Gasteiger partial charge in [-0.25, -0.2) is 9.59 Å². The molecule has 1 aliphatic heterocycles. The van der Waals surface area contributed by atoms with Crippen LogP contribution in [-0.2, 0) is 19.1 Å². The van der Waals surface area contributed by atoms with E-state index in [2.05, 4.69) is 0 Å². The summed E-state index contributed by atoms with van der Waals surface area (Å²) in [6.45, 7) is 3.13. The van der Waals surface area contributed by atoms with Crippen LogP contribution in [0.5, 0.6) is 5.75 Å². The van der Waals surface area contributed by atoms with Crippen molar-refractivity contribution in [2.24, 2.45) is 5.92 Å². The largest absolute Gasteiger partial charge is 0.459 e. The number of nitrogens with zero attached hydrogens (tertiary/aromatic N) is 1. The quantitative estimate of drug-likeness (QED) is 0.226. The van der Waals surface area contributed by atoms with Crippen LogP contribution < -0.4 is 9.64 Å². The molecule has 1 saturated heterocycles. The molecular weight excluding hydrogens is 510 g/mol. The topological polar surface area (TPSA) is 116 Å². The van der Waals surface area contributed by atoms with Gasteiger partial charge in [-0.05, 0) is 73.8 Å². The van der Waals surface area contributed by atoms with Crippen molar-refractivity contribution in [2.75, 3.05) is 18.1 Å². The number of Topliss-reactive ketones (excluding diaryl/α,β-unsaturated/α-hetero) is 1. The van der Waals surface area contributed by atoms with Gasteiger partial charge in [0.05, 0.1) is 17.6 Å². The number of ether oxygens (including phenoxy) is 3. The van der Waals surface area contributed by atoms with E-state index in [4.69, 9.17) is 14.2 Å². The molecule has 0 spiro atoms. The maximum absolute atomic E-state index is 12.6. The second kappa shape index (κ2) is 11.8. The number of benzene rings is 2. The van der Waals surface area contributed by atoms with Crippen LogP contribution in [0.4, 0.5) is 5.69 Å². The maximum atomic E-state index is 12.6. The van der Waals surface area contributed by atoms with Crippen molar-refractivity contribution >= 4 is 46.6 Å². The Bertz CT molecular complexity index is 1330. The van der Waals surface area contributed by atoms with E-state index >= 15 is 0 Å². The van der Waals surface area contributed by atoms with Crippen molar-refractivity contribution in [3.8, 4) is 5.75 Å². The molecule has 1 aromatic heterocycles. The van der Waals surface area contributed by atoms with Crippen LogP contribution in [-0.4, -0.2) is 48.9 Å². The fraction of sp³-hybridized carbons (Fsp3) is 0.250. The third kappa shape index (κ3) is 6.51. The molecule has 0 saturated carbocycles.